The number of carboxylic acid groups (broad SMARTS) is 1. The van der Waals surface area contributed by atoms with E-state index in [4.69, 9.17) is 0 Å². The Labute approximate surface area is 128 Å². The molecule has 0 bridgehead atoms. The Morgan fingerprint density at radius 1 is 1.24 bits per heavy atom. The molecule has 1 unspecified atom stereocenters. The summed E-state index contributed by atoms with van der Waals surface area (Å²) in [4.78, 5) is 13.5. The molecule has 0 fully saturated rings. The Kier molecular flexibility index (Phi) is 7.40. The minimum Gasteiger partial charge on any atom is -0.480 e. The first-order valence-electron chi connectivity index (χ1n) is 7.63. The molecule has 0 aliphatic heterocycles. The predicted octanol–water partition coefficient (Wildman–Crippen LogP) is 2.39. The van der Waals surface area contributed by atoms with Crippen molar-refractivity contribution in [1.29, 1.82) is 0 Å². The second-order valence-corrected chi connectivity index (χ2v) is 5.88. The third-order valence-electron chi connectivity index (χ3n) is 4.12. The maximum Gasteiger partial charge on any atom is 0.323 e. The van der Waals surface area contributed by atoms with Crippen LogP contribution in [0, 0.1) is 0 Å². The van der Waals surface area contributed by atoms with Gasteiger partial charge in [0, 0.05) is 6.54 Å². The zero-order valence-corrected chi connectivity index (χ0v) is 13.4. The van der Waals surface area contributed by atoms with E-state index in [-0.39, 0.29) is 0 Å². The number of nitrogens with one attached hydrogen (secondary N) is 1. The molecule has 0 amide bonds. The van der Waals surface area contributed by atoms with Crippen LogP contribution < -0.4 is 5.32 Å². The summed E-state index contributed by atoms with van der Waals surface area (Å²) in [7, 11) is 3.83. The molecule has 1 atom stereocenters. The summed E-state index contributed by atoms with van der Waals surface area (Å²) >= 11 is 0. The van der Waals surface area contributed by atoms with Gasteiger partial charge in [0.2, 0.25) is 0 Å². The lowest BCUT2D eigenvalue weighted by molar-refractivity contribution is -0.144. The molecular formula is C17H28N2O2. The maximum atomic E-state index is 11.2. The highest BCUT2D eigenvalue weighted by Gasteiger charge is 2.29. The van der Waals surface area contributed by atoms with Gasteiger partial charge in [0.15, 0.2) is 0 Å². The molecule has 0 heterocycles. The van der Waals surface area contributed by atoms with Crippen molar-refractivity contribution in [2.45, 2.75) is 38.1 Å². The van der Waals surface area contributed by atoms with Crippen LogP contribution in [0.25, 0.3) is 0 Å². The number of rotatable bonds is 10. The summed E-state index contributed by atoms with van der Waals surface area (Å²) in [5.74, 6) is -0.776. The fourth-order valence-electron chi connectivity index (χ4n) is 2.28. The Hall–Kier alpha value is -1.39. The molecule has 2 N–H and O–H groups in total. The van der Waals surface area contributed by atoms with Crippen LogP contribution in [0.15, 0.2) is 30.3 Å². The smallest absolute Gasteiger partial charge is 0.323 e. The average molecular weight is 292 g/mol. The molecule has 0 aliphatic carbocycles. The van der Waals surface area contributed by atoms with Crippen LogP contribution in [0.4, 0.5) is 0 Å². The minimum atomic E-state index is -0.803. The van der Waals surface area contributed by atoms with Crippen molar-refractivity contribution in [2.75, 3.05) is 27.2 Å². The van der Waals surface area contributed by atoms with Gasteiger partial charge in [-0.2, -0.15) is 0 Å². The molecule has 4 nitrogen and oxygen atoms in total. The van der Waals surface area contributed by atoms with Crippen molar-refractivity contribution in [2.24, 2.45) is 0 Å². The van der Waals surface area contributed by atoms with Crippen LogP contribution in [0.5, 0.6) is 0 Å². The van der Waals surface area contributed by atoms with Crippen LogP contribution in [0.3, 0.4) is 0 Å². The summed E-state index contributed by atoms with van der Waals surface area (Å²) in [5.41, 5.74) is 0.556. The zero-order valence-electron chi connectivity index (χ0n) is 13.4. The average Bonchev–Trinajstić information content (AvgIpc) is 2.50. The number of unbranched alkanes of at least 4 members (excludes halogenated alkanes) is 1. The van der Waals surface area contributed by atoms with E-state index in [1.807, 2.05) is 6.07 Å². The second-order valence-electron chi connectivity index (χ2n) is 5.88. The van der Waals surface area contributed by atoms with Gasteiger partial charge in [-0.1, -0.05) is 30.3 Å². The van der Waals surface area contributed by atoms with Gasteiger partial charge in [0.25, 0.3) is 0 Å². The molecule has 4 heteroatoms. The first kappa shape index (κ1) is 17.7. The first-order chi connectivity index (χ1) is 9.98. The predicted molar refractivity (Wildman–Crippen MR) is 86.6 cm³/mol. The molecule has 0 saturated heterocycles. The highest BCUT2D eigenvalue weighted by atomic mass is 16.4. The lowest BCUT2D eigenvalue weighted by Crippen LogP contribution is -2.47. The number of likely N-dealkylation sites (N-methyl/N-ethyl adjacent to an activating group) is 2. The Morgan fingerprint density at radius 2 is 1.90 bits per heavy atom. The molecule has 118 valence electrons. The van der Waals surface area contributed by atoms with Gasteiger partial charge >= 0.3 is 5.97 Å². The number of aliphatic carboxylic acids is 1. The van der Waals surface area contributed by atoms with E-state index >= 15 is 0 Å². The van der Waals surface area contributed by atoms with Gasteiger partial charge in [0.05, 0.1) is 0 Å². The largest absolute Gasteiger partial charge is 0.480 e. The second kappa shape index (κ2) is 8.80. The molecule has 0 saturated carbocycles. The van der Waals surface area contributed by atoms with Crippen LogP contribution in [0.2, 0.25) is 0 Å². The molecule has 0 spiro atoms. The summed E-state index contributed by atoms with van der Waals surface area (Å²) in [6.07, 6.45) is 3.65. The fourth-order valence-corrected chi connectivity index (χ4v) is 2.28. The summed E-state index contributed by atoms with van der Waals surface area (Å²) in [6, 6.07) is 10.5. The van der Waals surface area contributed by atoms with Gasteiger partial charge < -0.3 is 15.3 Å². The van der Waals surface area contributed by atoms with Crippen LogP contribution in [-0.2, 0) is 11.2 Å². The van der Waals surface area contributed by atoms with Gasteiger partial charge in [-0.3, -0.25) is 4.79 Å². The first-order valence-corrected chi connectivity index (χ1v) is 7.63. The van der Waals surface area contributed by atoms with E-state index in [9.17, 15) is 9.90 Å². The quantitative estimate of drug-likeness (QED) is 0.650. The highest BCUT2D eigenvalue weighted by molar-refractivity contribution is 5.78. The normalized spacial score (nSPS) is 14.1. The van der Waals surface area contributed by atoms with E-state index in [1.165, 1.54) is 5.56 Å². The van der Waals surface area contributed by atoms with Crippen LogP contribution in [-0.4, -0.2) is 48.7 Å². The van der Waals surface area contributed by atoms with E-state index in [1.54, 1.807) is 14.0 Å². The van der Waals surface area contributed by atoms with Crippen molar-refractivity contribution < 1.29 is 9.90 Å². The zero-order chi connectivity index (χ0) is 15.7. The molecule has 1 aromatic rings. The topological polar surface area (TPSA) is 52.6 Å². The molecule has 0 aromatic heterocycles. The van der Waals surface area contributed by atoms with Crippen molar-refractivity contribution >= 4 is 5.97 Å². The van der Waals surface area contributed by atoms with E-state index in [2.05, 4.69) is 41.5 Å². The number of carbonyl (C=O) groups is 1. The lowest BCUT2D eigenvalue weighted by atomic mass is 9.95. The van der Waals surface area contributed by atoms with Crippen molar-refractivity contribution in [3.63, 3.8) is 0 Å². The molecule has 0 aliphatic rings. The van der Waals surface area contributed by atoms with Gasteiger partial charge in [-0.25, -0.2) is 0 Å². The summed E-state index contributed by atoms with van der Waals surface area (Å²) in [6.45, 7) is 3.78. The molecule has 1 rings (SSSR count). The van der Waals surface area contributed by atoms with Crippen molar-refractivity contribution in [1.82, 2.24) is 10.2 Å². The van der Waals surface area contributed by atoms with E-state index < -0.39 is 11.5 Å². The number of benzene rings is 1. The summed E-state index contributed by atoms with van der Waals surface area (Å²) < 4.78 is 0. The number of nitrogens with zero attached hydrogens (tertiary/aromatic N) is 1. The van der Waals surface area contributed by atoms with E-state index in [0.29, 0.717) is 6.42 Å². The Balaban J connectivity index is 2.19. The third-order valence-corrected chi connectivity index (χ3v) is 4.12. The SMILES string of the molecule is CNC(C)(CCCCN(C)CCc1ccccc1)C(=O)O. The summed E-state index contributed by atoms with van der Waals surface area (Å²) in [5, 5.41) is 12.1. The lowest BCUT2D eigenvalue weighted by Gasteiger charge is -2.24. The van der Waals surface area contributed by atoms with Crippen LogP contribution in [0.1, 0.15) is 31.7 Å². The molecule has 0 radical (unpaired) electrons. The highest BCUT2D eigenvalue weighted by Crippen LogP contribution is 2.14. The van der Waals surface area contributed by atoms with E-state index in [0.717, 1.165) is 32.4 Å². The Morgan fingerprint density at radius 3 is 2.48 bits per heavy atom. The van der Waals surface area contributed by atoms with Crippen molar-refractivity contribution in [3.05, 3.63) is 35.9 Å². The van der Waals surface area contributed by atoms with Crippen molar-refractivity contribution in [3.8, 4) is 0 Å². The van der Waals surface area contributed by atoms with Gasteiger partial charge in [-0.15, -0.1) is 0 Å². The maximum absolute atomic E-state index is 11.2. The van der Waals surface area contributed by atoms with Gasteiger partial charge in [0.1, 0.15) is 5.54 Å². The minimum absolute atomic E-state index is 0.658. The monoisotopic (exact) mass is 292 g/mol. The number of hydrogen-bond donors (Lipinski definition) is 2. The molecule has 1 aromatic carbocycles. The Bertz CT molecular complexity index is 422. The fraction of sp³-hybridized carbons (Fsp3) is 0.588. The molecule has 21 heavy (non-hydrogen) atoms. The van der Waals surface area contributed by atoms with Gasteiger partial charge in [-0.05, 0) is 58.8 Å². The number of hydrogen-bond acceptors (Lipinski definition) is 3. The molecular weight excluding hydrogens is 264 g/mol. The van der Waals surface area contributed by atoms with Crippen LogP contribution >= 0.6 is 0 Å². The third kappa shape index (κ3) is 6.27. The standard InChI is InChI=1S/C17H28N2O2/c1-17(18-2,16(20)21)12-7-8-13-19(3)14-11-15-9-5-4-6-10-15/h4-6,9-10,18H,7-8,11-14H2,1-3H3,(H,20,21). The number of carboxylic acids is 1.